The van der Waals surface area contributed by atoms with E-state index in [0.717, 1.165) is 51.4 Å². The third-order valence-electron chi connectivity index (χ3n) is 5.11. The van der Waals surface area contributed by atoms with Crippen LogP contribution in [-0.4, -0.2) is 21.8 Å². The van der Waals surface area contributed by atoms with Crippen LogP contribution >= 0.6 is 0 Å². The van der Waals surface area contributed by atoms with Crippen LogP contribution in [0.3, 0.4) is 0 Å². The molecule has 0 saturated heterocycles. The average molecular weight is 330 g/mol. The van der Waals surface area contributed by atoms with Gasteiger partial charge in [-0.3, -0.25) is 14.9 Å². The quantitative estimate of drug-likeness (QED) is 0.885. The molecule has 1 aromatic heterocycles. The summed E-state index contributed by atoms with van der Waals surface area (Å²) in [5, 5.41) is 5.66. The van der Waals surface area contributed by atoms with E-state index in [2.05, 4.69) is 20.6 Å². The highest BCUT2D eigenvalue weighted by atomic mass is 16.2. The van der Waals surface area contributed by atoms with Gasteiger partial charge in [0.2, 0.25) is 17.8 Å². The van der Waals surface area contributed by atoms with E-state index >= 15 is 0 Å². The van der Waals surface area contributed by atoms with Crippen LogP contribution in [0.15, 0.2) is 12.4 Å². The molecule has 24 heavy (non-hydrogen) atoms. The van der Waals surface area contributed by atoms with Crippen molar-refractivity contribution in [1.29, 1.82) is 0 Å². The Morgan fingerprint density at radius 2 is 1.21 bits per heavy atom. The molecule has 0 radical (unpaired) electrons. The highest BCUT2D eigenvalue weighted by Crippen LogP contribution is 2.25. The Labute approximate surface area is 142 Å². The lowest BCUT2D eigenvalue weighted by atomic mass is 9.88. The van der Waals surface area contributed by atoms with E-state index in [1.807, 2.05) is 0 Å². The van der Waals surface area contributed by atoms with Crippen molar-refractivity contribution in [3.63, 3.8) is 0 Å². The Balaban J connectivity index is 1.51. The lowest BCUT2D eigenvalue weighted by Crippen LogP contribution is -2.26. The summed E-state index contributed by atoms with van der Waals surface area (Å²) in [6.07, 6.45) is 13.9. The van der Waals surface area contributed by atoms with Crippen molar-refractivity contribution in [2.24, 2.45) is 11.8 Å². The van der Waals surface area contributed by atoms with Crippen LogP contribution in [0.25, 0.3) is 0 Å². The van der Waals surface area contributed by atoms with Gasteiger partial charge >= 0.3 is 0 Å². The van der Waals surface area contributed by atoms with Crippen molar-refractivity contribution in [3.05, 3.63) is 12.4 Å². The summed E-state index contributed by atoms with van der Waals surface area (Å²) < 4.78 is 0. The van der Waals surface area contributed by atoms with Crippen molar-refractivity contribution >= 4 is 23.5 Å². The van der Waals surface area contributed by atoms with Gasteiger partial charge in [0.25, 0.3) is 0 Å². The number of nitrogens with zero attached hydrogens (tertiary/aromatic N) is 2. The normalized spacial score (nSPS) is 19.7. The van der Waals surface area contributed by atoms with Crippen molar-refractivity contribution < 1.29 is 9.59 Å². The molecule has 3 rings (SSSR count). The predicted molar refractivity (Wildman–Crippen MR) is 92.4 cm³/mol. The Kier molecular flexibility index (Phi) is 5.77. The number of anilines is 2. The minimum atomic E-state index is 0.00805. The van der Waals surface area contributed by atoms with Crippen LogP contribution < -0.4 is 10.6 Å². The molecule has 2 fully saturated rings. The number of hydrogen-bond acceptors (Lipinski definition) is 4. The molecule has 1 aromatic rings. The largest absolute Gasteiger partial charge is 0.323 e. The first-order valence-corrected chi connectivity index (χ1v) is 9.16. The summed E-state index contributed by atoms with van der Waals surface area (Å²) in [5.41, 5.74) is 0.584. The molecule has 2 aliphatic rings. The van der Waals surface area contributed by atoms with Gasteiger partial charge in [-0.2, -0.15) is 0 Å². The molecular formula is C18H26N4O2. The van der Waals surface area contributed by atoms with E-state index in [0.29, 0.717) is 11.6 Å². The van der Waals surface area contributed by atoms with E-state index in [1.165, 1.54) is 12.8 Å². The second-order valence-corrected chi connectivity index (χ2v) is 6.94. The minimum Gasteiger partial charge on any atom is -0.323 e. The Hall–Kier alpha value is -1.98. The lowest BCUT2D eigenvalue weighted by molar-refractivity contribution is -0.121. The van der Waals surface area contributed by atoms with E-state index in [1.54, 1.807) is 12.4 Å². The van der Waals surface area contributed by atoms with Gasteiger partial charge in [-0.15, -0.1) is 0 Å². The zero-order valence-corrected chi connectivity index (χ0v) is 14.1. The Morgan fingerprint density at radius 3 is 1.71 bits per heavy atom. The summed E-state index contributed by atoms with van der Waals surface area (Å²) in [7, 11) is 0. The summed E-state index contributed by atoms with van der Waals surface area (Å²) >= 11 is 0. The second kappa shape index (κ2) is 8.22. The van der Waals surface area contributed by atoms with Crippen LogP contribution in [0.1, 0.15) is 64.2 Å². The Morgan fingerprint density at radius 1 is 0.750 bits per heavy atom. The maximum Gasteiger partial charge on any atom is 0.229 e. The highest BCUT2D eigenvalue weighted by molar-refractivity contribution is 5.93. The SMILES string of the molecule is O=C(Nc1cnc(NC(=O)C2CCCCC2)nc1)C1CCCCC1. The van der Waals surface area contributed by atoms with Crippen molar-refractivity contribution in [3.8, 4) is 0 Å². The van der Waals surface area contributed by atoms with Gasteiger partial charge < -0.3 is 5.32 Å². The number of nitrogens with one attached hydrogen (secondary N) is 2. The zero-order chi connectivity index (χ0) is 16.8. The fourth-order valence-electron chi connectivity index (χ4n) is 3.64. The number of rotatable bonds is 4. The van der Waals surface area contributed by atoms with Gasteiger partial charge in [-0.1, -0.05) is 38.5 Å². The molecule has 2 saturated carbocycles. The maximum atomic E-state index is 12.2. The summed E-state index contributed by atoms with van der Waals surface area (Å²) in [4.78, 5) is 32.7. The number of amides is 2. The number of carbonyl (C=O) groups excluding carboxylic acids is 2. The number of carbonyl (C=O) groups is 2. The van der Waals surface area contributed by atoms with Gasteiger partial charge in [-0.25, -0.2) is 9.97 Å². The molecule has 130 valence electrons. The monoisotopic (exact) mass is 330 g/mol. The van der Waals surface area contributed by atoms with Crippen molar-refractivity contribution in [1.82, 2.24) is 9.97 Å². The van der Waals surface area contributed by atoms with Crippen molar-refractivity contribution in [2.75, 3.05) is 10.6 Å². The van der Waals surface area contributed by atoms with Crippen molar-refractivity contribution in [2.45, 2.75) is 64.2 Å². The molecule has 0 unspecified atom stereocenters. The molecule has 0 aromatic carbocycles. The molecule has 2 aliphatic carbocycles. The minimum absolute atomic E-state index is 0.00805. The van der Waals surface area contributed by atoms with Crippen LogP contribution in [0.2, 0.25) is 0 Å². The van der Waals surface area contributed by atoms with Gasteiger partial charge in [0.1, 0.15) is 0 Å². The molecular weight excluding hydrogens is 304 g/mol. The maximum absolute atomic E-state index is 12.2. The first kappa shape index (κ1) is 16.9. The molecule has 2 amide bonds. The first-order chi connectivity index (χ1) is 11.7. The lowest BCUT2D eigenvalue weighted by Gasteiger charge is -2.21. The first-order valence-electron chi connectivity index (χ1n) is 9.16. The third kappa shape index (κ3) is 4.52. The topological polar surface area (TPSA) is 84.0 Å². The molecule has 6 nitrogen and oxygen atoms in total. The summed E-state index contributed by atoms with van der Waals surface area (Å²) in [6, 6.07) is 0. The standard InChI is InChI=1S/C18H26N4O2/c23-16(13-7-3-1-4-8-13)21-15-11-19-18(20-12-15)22-17(24)14-9-5-2-6-10-14/h11-14H,1-10H2,(H,21,23)(H,19,20,22,24). The van der Waals surface area contributed by atoms with E-state index < -0.39 is 0 Å². The second-order valence-electron chi connectivity index (χ2n) is 6.94. The summed E-state index contributed by atoms with van der Waals surface area (Å²) in [6.45, 7) is 0. The molecule has 0 atom stereocenters. The molecule has 1 heterocycles. The van der Waals surface area contributed by atoms with Crippen LogP contribution in [0.5, 0.6) is 0 Å². The van der Waals surface area contributed by atoms with Crippen LogP contribution in [-0.2, 0) is 9.59 Å². The highest BCUT2D eigenvalue weighted by Gasteiger charge is 2.22. The Bertz CT molecular complexity index is 510. The van der Waals surface area contributed by atoms with E-state index in [4.69, 9.17) is 0 Å². The van der Waals surface area contributed by atoms with E-state index in [-0.39, 0.29) is 23.7 Å². The number of hydrogen-bond donors (Lipinski definition) is 2. The zero-order valence-electron chi connectivity index (χ0n) is 14.1. The molecule has 2 N–H and O–H groups in total. The molecule has 0 bridgehead atoms. The third-order valence-corrected chi connectivity index (χ3v) is 5.11. The van der Waals surface area contributed by atoms with Crippen LogP contribution in [0, 0.1) is 11.8 Å². The van der Waals surface area contributed by atoms with E-state index in [9.17, 15) is 9.59 Å². The average Bonchev–Trinajstić information content (AvgIpc) is 2.65. The fraction of sp³-hybridized carbons (Fsp3) is 0.667. The van der Waals surface area contributed by atoms with Gasteiger partial charge in [0.15, 0.2) is 0 Å². The smallest absolute Gasteiger partial charge is 0.229 e. The number of aromatic nitrogens is 2. The summed E-state index contributed by atoms with van der Waals surface area (Å²) in [5.74, 6) is 0.546. The molecule has 0 spiro atoms. The molecule has 0 aliphatic heterocycles. The predicted octanol–water partition coefficient (Wildman–Crippen LogP) is 3.51. The van der Waals surface area contributed by atoms with Crippen LogP contribution in [0.4, 0.5) is 11.6 Å². The van der Waals surface area contributed by atoms with Gasteiger partial charge in [-0.05, 0) is 25.7 Å². The van der Waals surface area contributed by atoms with Gasteiger partial charge in [0, 0.05) is 11.8 Å². The fourth-order valence-corrected chi connectivity index (χ4v) is 3.64. The molecule has 6 heteroatoms. The van der Waals surface area contributed by atoms with Gasteiger partial charge in [0.05, 0.1) is 18.1 Å².